The summed E-state index contributed by atoms with van der Waals surface area (Å²) in [5.74, 6) is 0. The number of aliphatic imine (C=N–C) groups is 1. The van der Waals surface area contributed by atoms with Crippen LogP contribution in [0.25, 0.3) is 0 Å². The predicted molar refractivity (Wildman–Crippen MR) is 106 cm³/mol. The zero-order valence-corrected chi connectivity index (χ0v) is 19.4. The van der Waals surface area contributed by atoms with Gasteiger partial charge in [0.1, 0.15) is 0 Å². The van der Waals surface area contributed by atoms with Crippen LogP contribution in [0.5, 0.6) is 0 Å². The molecule has 0 amide bonds. The second kappa shape index (κ2) is 49.9. The summed E-state index contributed by atoms with van der Waals surface area (Å²) in [4.78, 5) is 4.08. The zero-order valence-electron chi connectivity index (χ0n) is 16.6. The molecular formula is C19H45NSn. The van der Waals surface area contributed by atoms with Crippen molar-refractivity contribution in [2.24, 2.45) is 4.99 Å². The van der Waals surface area contributed by atoms with Crippen molar-refractivity contribution in [1.29, 1.82) is 0 Å². The van der Waals surface area contributed by atoms with E-state index in [9.17, 15) is 0 Å². The van der Waals surface area contributed by atoms with Crippen LogP contribution in [-0.4, -0.2) is 36.7 Å². The van der Waals surface area contributed by atoms with Gasteiger partial charge < -0.3 is 0 Å². The summed E-state index contributed by atoms with van der Waals surface area (Å²) in [6.07, 6.45) is 13.6. The summed E-state index contributed by atoms with van der Waals surface area (Å²) in [5, 5.41) is 0. The van der Waals surface area contributed by atoms with Crippen molar-refractivity contribution in [1.82, 2.24) is 0 Å². The molecule has 0 unspecified atom stereocenters. The molecule has 0 N–H and O–H groups in total. The Kier molecular flexibility index (Phi) is 78.8. The van der Waals surface area contributed by atoms with Gasteiger partial charge in [-0.05, 0) is 26.0 Å². The van der Waals surface area contributed by atoms with Crippen LogP contribution in [0.4, 0.5) is 0 Å². The number of hydrogen-bond acceptors (Lipinski definition) is 1. The fourth-order valence-corrected chi connectivity index (χ4v) is 0.516. The third kappa shape index (κ3) is 97.3. The van der Waals surface area contributed by atoms with Crippen LogP contribution in [0, 0.1) is 0 Å². The van der Waals surface area contributed by atoms with Crippen LogP contribution < -0.4 is 0 Å². The Balaban J connectivity index is -0.0000000570. The van der Waals surface area contributed by atoms with E-state index >= 15 is 0 Å². The Bertz CT molecular complexity index is 109. The van der Waals surface area contributed by atoms with Gasteiger partial charge in [0, 0.05) is 30.5 Å². The smallest absolute Gasteiger partial charge is 0.0357 e. The maximum atomic E-state index is 4.08. The topological polar surface area (TPSA) is 12.4 Å². The van der Waals surface area contributed by atoms with E-state index in [-0.39, 0.29) is 23.9 Å². The van der Waals surface area contributed by atoms with Crippen LogP contribution in [0.15, 0.2) is 4.99 Å². The quantitative estimate of drug-likeness (QED) is 0.239. The van der Waals surface area contributed by atoms with Crippen LogP contribution in [0.3, 0.4) is 0 Å². The number of unbranched alkanes of at least 4 members (excludes halogenated alkanes) is 5. The molecule has 0 spiro atoms. The van der Waals surface area contributed by atoms with Gasteiger partial charge in [0.15, 0.2) is 0 Å². The minimum Gasteiger partial charge on any atom is -0.298 e. The second-order valence-corrected chi connectivity index (χ2v) is 4.82. The molecule has 0 saturated heterocycles. The summed E-state index contributed by atoms with van der Waals surface area (Å²) in [6, 6.07) is 0. The van der Waals surface area contributed by atoms with Crippen molar-refractivity contribution in [3.63, 3.8) is 0 Å². The van der Waals surface area contributed by atoms with E-state index in [1.54, 1.807) is 0 Å². The van der Waals surface area contributed by atoms with Crippen molar-refractivity contribution in [3.05, 3.63) is 0 Å². The van der Waals surface area contributed by atoms with Crippen LogP contribution in [0.1, 0.15) is 113 Å². The van der Waals surface area contributed by atoms with E-state index in [0.29, 0.717) is 0 Å². The Morgan fingerprint density at radius 2 is 0.905 bits per heavy atom. The molecule has 0 saturated carbocycles. The maximum Gasteiger partial charge on any atom is 0.0357 e. The average molecular weight is 406 g/mol. The van der Waals surface area contributed by atoms with Crippen molar-refractivity contribution in [3.8, 4) is 0 Å². The number of nitrogens with zero attached hydrogens (tertiary/aromatic N) is 1. The van der Waals surface area contributed by atoms with Gasteiger partial charge in [0.25, 0.3) is 0 Å². The zero-order chi connectivity index (χ0) is 16.5. The SMILES string of the molecule is CCCC.CCCC.CCCC.CCCCC=NCC.[Sn]. The first-order chi connectivity index (χ1) is 9.66. The molecule has 0 heterocycles. The molecule has 0 aromatic heterocycles. The molecule has 1 nitrogen and oxygen atoms in total. The maximum absolute atomic E-state index is 4.08. The molecule has 0 atom stereocenters. The van der Waals surface area contributed by atoms with Crippen LogP contribution >= 0.6 is 0 Å². The van der Waals surface area contributed by atoms with Crippen LogP contribution in [-0.2, 0) is 0 Å². The molecule has 0 aliphatic heterocycles. The minimum atomic E-state index is 0. The van der Waals surface area contributed by atoms with Crippen LogP contribution in [0.2, 0.25) is 0 Å². The minimum absolute atomic E-state index is 0. The molecule has 0 aliphatic carbocycles. The summed E-state index contributed by atoms with van der Waals surface area (Å²) >= 11 is 0. The first-order valence-electron chi connectivity index (χ1n) is 9.14. The van der Waals surface area contributed by atoms with Gasteiger partial charge in [-0.3, -0.25) is 4.99 Å². The molecule has 4 radical (unpaired) electrons. The van der Waals surface area contributed by atoms with Gasteiger partial charge >= 0.3 is 0 Å². The first kappa shape index (κ1) is 33.2. The van der Waals surface area contributed by atoms with Gasteiger partial charge in [0.05, 0.1) is 0 Å². The Morgan fingerprint density at radius 1 is 0.571 bits per heavy atom. The van der Waals surface area contributed by atoms with E-state index in [1.165, 1.54) is 51.4 Å². The summed E-state index contributed by atoms with van der Waals surface area (Å²) in [7, 11) is 0. The number of hydrogen-bond donors (Lipinski definition) is 0. The van der Waals surface area contributed by atoms with Gasteiger partial charge in [-0.1, -0.05) is 93.4 Å². The summed E-state index contributed by atoms with van der Waals surface area (Å²) in [5.41, 5.74) is 0. The van der Waals surface area contributed by atoms with Gasteiger partial charge in [-0.15, -0.1) is 0 Å². The van der Waals surface area contributed by atoms with Gasteiger partial charge in [-0.2, -0.15) is 0 Å². The molecule has 0 aliphatic rings. The molecule has 2 heteroatoms. The van der Waals surface area contributed by atoms with Crippen molar-refractivity contribution in [2.45, 2.75) is 113 Å². The van der Waals surface area contributed by atoms with Gasteiger partial charge in [0.2, 0.25) is 0 Å². The average Bonchev–Trinajstić information content (AvgIpc) is 2.52. The Labute approximate surface area is 154 Å². The van der Waals surface area contributed by atoms with E-state index in [0.717, 1.165) is 13.0 Å². The molecule has 0 fully saturated rings. The normalized spacial score (nSPS) is 8.38. The fourth-order valence-electron chi connectivity index (χ4n) is 0.516. The van der Waals surface area contributed by atoms with E-state index in [2.05, 4.69) is 60.4 Å². The third-order valence-electron chi connectivity index (χ3n) is 2.50. The van der Waals surface area contributed by atoms with E-state index in [4.69, 9.17) is 0 Å². The first-order valence-corrected chi connectivity index (χ1v) is 9.14. The molecule has 0 aromatic rings. The van der Waals surface area contributed by atoms with Crippen molar-refractivity contribution < 1.29 is 0 Å². The Morgan fingerprint density at radius 3 is 1.10 bits per heavy atom. The summed E-state index contributed by atoms with van der Waals surface area (Å²) in [6.45, 7) is 18.3. The van der Waals surface area contributed by atoms with Crippen molar-refractivity contribution >= 4 is 30.1 Å². The fraction of sp³-hybridized carbons (Fsp3) is 0.947. The molecule has 21 heavy (non-hydrogen) atoms. The largest absolute Gasteiger partial charge is 0.298 e. The van der Waals surface area contributed by atoms with E-state index in [1.807, 2.05) is 6.21 Å². The second-order valence-electron chi connectivity index (χ2n) is 4.82. The number of rotatable bonds is 7. The predicted octanol–water partition coefficient (Wildman–Crippen LogP) is 7.31. The molecule has 0 aromatic carbocycles. The molecule has 0 rings (SSSR count). The van der Waals surface area contributed by atoms with E-state index < -0.39 is 0 Å². The van der Waals surface area contributed by atoms with Crippen molar-refractivity contribution in [2.75, 3.05) is 6.54 Å². The Hall–Kier alpha value is 0.469. The molecular weight excluding hydrogens is 361 g/mol. The third-order valence-corrected chi connectivity index (χ3v) is 2.50. The molecule has 0 bridgehead atoms. The summed E-state index contributed by atoms with van der Waals surface area (Å²) < 4.78 is 0. The monoisotopic (exact) mass is 407 g/mol. The van der Waals surface area contributed by atoms with Gasteiger partial charge in [-0.25, -0.2) is 0 Å². The standard InChI is InChI=1S/C7H15N.3C4H10.Sn/c1-3-5-6-7-8-4-2;3*1-3-4-2;/h7H,3-6H2,1-2H3;3*3-4H2,1-2H3;. The molecule has 130 valence electrons.